The van der Waals surface area contributed by atoms with Crippen LogP contribution in [0.15, 0.2) is 0 Å². The molecule has 0 aliphatic carbocycles. The van der Waals surface area contributed by atoms with Crippen LogP contribution in [0.3, 0.4) is 0 Å². The first-order chi connectivity index (χ1) is 10.7. The molecular weight excluding hydrogens is 346 g/mol. The molecule has 0 aromatic heterocycles. The van der Waals surface area contributed by atoms with Crippen molar-refractivity contribution in [2.24, 2.45) is 0 Å². The molecule has 0 aliphatic heterocycles. The van der Waals surface area contributed by atoms with Crippen LogP contribution >= 0.6 is 46.0 Å². The normalized spacial score (nSPS) is 10.6. The number of hydrogen-bond donors (Lipinski definition) is 1. The van der Waals surface area contributed by atoms with Gasteiger partial charge in [-0.05, 0) is 37.0 Å². The van der Waals surface area contributed by atoms with Crippen molar-refractivity contribution in [2.75, 3.05) is 18.1 Å². The van der Waals surface area contributed by atoms with E-state index in [4.69, 9.17) is 24.4 Å². The van der Waals surface area contributed by atoms with E-state index in [1.165, 1.54) is 55.6 Å². The smallest absolute Gasteiger partial charge is 0.0753 e. The molecule has 0 unspecified atom stereocenters. The second kappa shape index (κ2) is 18.0. The van der Waals surface area contributed by atoms with Crippen LogP contribution in [-0.2, 0) is 0 Å². The Morgan fingerprint density at radius 2 is 1.50 bits per heavy atom. The molecule has 0 spiro atoms. The summed E-state index contributed by atoms with van der Waals surface area (Å²) in [6, 6.07) is 0. The minimum absolute atomic E-state index is 1.000. The third-order valence-corrected chi connectivity index (χ3v) is 6.76. The molecule has 1 N–H and O–H groups in total. The zero-order valence-electron chi connectivity index (χ0n) is 14.3. The lowest BCUT2D eigenvalue weighted by atomic mass is 10.1. The lowest BCUT2D eigenvalue weighted by molar-refractivity contribution is 0.614. The number of hydrogen-bond acceptors (Lipinski definition) is 4. The SMILES string of the molecule is CCCCCCCCC(=S)NCCSSCCCC(=S)CC. The molecule has 0 heterocycles. The van der Waals surface area contributed by atoms with Crippen molar-refractivity contribution in [3.8, 4) is 0 Å². The Kier molecular flexibility index (Phi) is 18.6. The van der Waals surface area contributed by atoms with Gasteiger partial charge in [0.2, 0.25) is 0 Å². The van der Waals surface area contributed by atoms with Crippen LogP contribution in [0.25, 0.3) is 0 Å². The van der Waals surface area contributed by atoms with E-state index in [1.54, 1.807) is 0 Å². The summed E-state index contributed by atoms with van der Waals surface area (Å²) in [5.74, 6) is 2.33. The maximum atomic E-state index is 5.37. The maximum Gasteiger partial charge on any atom is 0.0753 e. The van der Waals surface area contributed by atoms with Crippen molar-refractivity contribution in [1.82, 2.24) is 5.32 Å². The van der Waals surface area contributed by atoms with E-state index in [0.717, 1.165) is 36.5 Å². The van der Waals surface area contributed by atoms with E-state index >= 15 is 0 Å². The Hall–Kier alpha value is 0.680. The van der Waals surface area contributed by atoms with Crippen LogP contribution in [0, 0.1) is 0 Å². The average molecular weight is 380 g/mol. The maximum absolute atomic E-state index is 5.37. The van der Waals surface area contributed by atoms with Crippen molar-refractivity contribution in [3.05, 3.63) is 0 Å². The topological polar surface area (TPSA) is 12.0 Å². The molecule has 0 aromatic rings. The molecule has 22 heavy (non-hydrogen) atoms. The number of unbranched alkanes of at least 4 members (excludes halogenated alkanes) is 5. The Morgan fingerprint density at radius 3 is 2.23 bits per heavy atom. The average Bonchev–Trinajstić information content (AvgIpc) is 2.52. The highest BCUT2D eigenvalue weighted by Crippen LogP contribution is 2.22. The molecule has 130 valence electrons. The van der Waals surface area contributed by atoms with Gasteiger partial charge in [-0.3, -0.25) is 0 Å². The molecule has 0 rings (SSSR count). The molecule has 0 saturated carbocycles. The first-order valence-corrected chi connectivity index (χ1v) is 12.0. The number of thiocarbonyl (C=S) groups is 2. The largest absolute Gasteiger partial charge is 0.379 e. The second-order valence-corrected chi connectivity index (χ2v) is 9.28. The molecule has 0 saturated heterocycles. The van der Waals surface area contributed by atoms with Gasteiger partial charge >= 0.3 is 0 Å². The van der Waals surface area contributed by atoms with Gasteiger partial charge in [-0.2, -0.15) is 0 Å². The van der Waals surface area contributed by atoms with Crippen molar-refractivity contribution in [1.29, 1.82) is 0 Å². The van der Waals surface area contributed by atoms with Crippen LogP contribution in [0.2, 0.25) is 0 Å². The van der Waals surface area contributed by atoms with Gasteiger partial charge in [-0.15, -0.1) is 0 Å². The molecule has 0 aliphatic rings. The van der Waals surface area contributed by atoms with Crippen molar-refractivity contribution < 1.29 is 0 Å². The summed E-state index contributed by atoms with van der Waals surface area (Å²) in [6.45, 7) is 5.40. The fourth-order valence-electron chi connectivity index (χ4n) is 2.01. The van der Waals surface area contributed by atoms with Gasteiger partial charge in [0.15, 0.2) is 0 Å². The van der Waals surface area contributed by atoms with Crippen molar-refractivity contribution >= 4 is 55.9 Å². The molecule has 1 nitrogen and oxygen atoms in total. The molecule has 0 amide bonds. The molecule has 5 heteroatoms. The van der Waals surface area contributed by atoms with Gasteiger partial charge in [0.25, 0.3) is 0 Å². The van der Waals surface area contributed by atoms with E-state index in [-0.39, 0.29) is 0 Å². The van der Waals surface area contributed by atoms with Crippen molar-refractivity contribution in [3.63, 3.8) is 0 Å². The highest BCUT2D eigenvalue weighted by Gasteiger charge is 1.98. The zero-order valence-corrected chi connectivity index (χ0v) is 17.6. The predicted molar refractivity (Wildman–Crippen MR) is 116 cm³/mol. The zero-order chi connectivity index (χ0) is 16.5. The van der Waals surface area contributed by atoms with Crippen LogP contribution in [0.1, 0.15) is 78.1 Å². The first-order valence-electron chi connectivity index (χ1n) is 8.73. The lowest BCUT2D eigenvalue weighted by Crippen LogP contribution is -2.23. The second-order valence-electron chi connectivity index (χ2n) is 5.51. The summed E-state index contributed by atoms with van der Waals surface area (Å²) < 4.78 is 0. The minimum atomic E-state index is 1.000. The lowest BCUT2D eigenvalue weighted by Gasteiger charge is -2.07. The van der Waals surface area contributed by atoms with Crippen molar-refractivity contribution in [2.45, 2.75) is 78.1 Å². The van der Waals surface area contributed by atoms with Crippen LogP contribution in [0.4, 0.5) is 0 Å². The van der Waals surface area contributed by atoms with Crippen LogP contribution in [0.5, 0.6) is 0 Å². The highest BCUT2D eigenvalue weighted by atomic mass is 33.1. The summed E-state index contributed by atoms with van der Waals surface area (Å²) in [5.41, 5.74) is 0. The van der Waals surface area contributed by atoms with E-state index in [1.807, 2.05) is 21.6 Å². The Morgan fingerprint density at radius 1 is 0.818 bits per heavy atom. The van der Waals surface area contributed by atoms with E-state index < -0.39 is 0 Å². The van der Waals surface area contributed by atoms with E-state index in [2.05, 4.69) is 19.2 Å². The van der Waals surface area contributed by atoms with Crippen LogP contribution in [-0.4, -0.2) is 27.9 Å². The van der Waals surface area contributed by atoms with Gasteiger partial charge in [0.1, 0.15) is 0 Å². The van der Waals surface area contributed by atoms with E-state index in [0.29, 0.717) is 0 Å². The fourth-order valence-corrected chi connectivity index (χ4v) is 4.39. The first kappa shape index (κ1) is 22.7. The summed E-state index contributed by atoms with van der Waals surface area (Å²) in [6.07, 6.45) is 12.5. The minimum Gasteiger partial charge on any atom is -0.379 e. The van der Waals surface area contributed by atoms with Crippen LogP contribution < -0.4 is 5.32 Å². The molecule has 0 fully saturated rings. The Labute approximate surface area is 156 Å². The molecule has 0 atom stereocenters. The summed E-state index contributed by atoms with van der Waals surface area (Å²) in [4.78, 5) is 2.27. The molecule has 0 radical (unpaired) electrons. The van der Waals surface area contributed by atoms with Gasteiger partial charge in [0, 0.05) is 18.1 Å². The van der Waals surface area contributed by atoms with Gasteiger partial charge < -0.3 is 5.32 Å². The highest BCUT2D eigenvalue weighted by molar-refractivity contribution is 8.76. The fraction of sp³-hybridized carbons (Fsp3) is 0.882. The standard InChI is InChI=1S/C17H33NS4/c1-3-5-6-7-8-9-12-17(20)18-13-15-22-21-14-10-11-16(19)4-2/h3-15H2,1-2H3,(H,18,20). The summed E-state index contributed by atoms with van der Waals surface area (Å²) in [5, 5.41) is 3.38. The molecule has 0 bridgehead atoms. The molecule has 0 aromatic carbocycles. The molecular formula is C17H33NS4. The third kappa shape index (κ3) is 17.0. The quantitative estimate of drug-likeness (QED) is 0.184. The van der Waals surface area contributed by atoms with Gasteiger partial charge in [-0.1, -0.05) is 92.0 Å². The Balaban J connectivity index is 3.20. The third-order valence-electron chi connectivity index (χ3n) is 3.43. The monoisotopic (exact) mass is 379 g/mol. The van der Waals surface area contributed by atoms with E-state index in [9.17, 15) is 0 Å². The summed E-state index contributed by atoms with van der Waals surface area (Å²) >= 11 is 10.6. The van der Waals surface area contributed by atoms with Gasteiger partial charge in [0.05, 0.1) is 4.99 Å². The predicted octanol–water partition coefficient (Wildman–Crippen LogP) is 6.60. The number of rotatable bonds is 16. The van der Waals surface area contributed by atoms with Gasteiger partial charge in [-0.25, -0.2) is 0 Å². The summed E-state index contributed by atoms with van der Waals surface area (Å²) in [7, 11) is 3.90. The Bertz CT molecular complexity index is 282. The number of nitrogens with one attached hydrogen (secondary N) is 1.